The second-order valence-corrected chi connectivity index (χ2v) is 7.50. The average Bonchev–Trinajstić information content (AvgIpc) is 3.18. The number of halogens is 1. The number of anilines is 1. The standard InChI is InChI=1S/C23H26FN3O6/c1-25-22(31)23(32,8-3-9-28)27-14-18-17(21(27)30)4-2-5-20(18)26-13-15-12-16(33-11-10-29)6-7-19(15)24/h2,4-7,9,12,26,29,32H,3,8,10-11,13-14H2,1H3,(H,25,31). The molecule has 0 saturated heterocycles. The van der Waals surface area contributed by atoms with Gasteiger partial charge in [0.2, 0.25) is 5.72 Å². The van der Waals surface area contributed by atoms with E-state index in [1.54, 1.807) is 18.2 Å². The molecule has 2 amide bonds. The van der Waals surface area contributed by atoms with Crippen LogP contribution in [0.25, 0.3) is 0 Å². The first-order chi connectivity index (χ1) is 15.8. The lowest BCUT2D eigenvalue weighted by atomic mass is 10.0. The van der Waals surface area contributed by atoms with Crippen LogP contribution in [0.15, 0.2) is 36.4 Å². The largest absolute Gasteiger partial charge is 0.491 e. The number of hydrogen-bond donors (Lipinski definition) is 4. The predicted octanol–water partition coefficient (Wildman–Crippen LogP) is 1.18. The Bertz CT molecular complexity index is 1050. The minimum absolute atomic E-state index is 0.0672. The third-order valence-corrected chi connectivity index (χ3v) is 5.46. The molecular formula is C23H26FN3O6. The molecule has 0 radical (unpaired) electrons. The van der Waals surface area contributed by atoms with Crippen LogP contribution < -0.4 is 15.4 Å². The Labute approximate surface area is 190 Å². The lowest BCUT2D eigenvalue weighted by Gasteiger charge is -2.35. The van der Waals surface area contributed by atoms with Gasteiger partial charge in [-0.2, -0.15) is 0 Å². The fourth-order valence-electron chi connectivity index (χ4n) is 3.76. The van der Waals surface area contributed by atoms with Crippen LogP contribution in [0.3, 0.4) is 0 Å². The zero-order chi connectivity index (χ0) is 24.0. The SMILES string of the molecule is CNC(=O)C(O)(CCC=O)N1Cc2c(NCc3cc(OCCO)ccc3F)cccc2C1=O. The maximum absolute atomic E-state index is 14.3. The van der Waals surface area contributed by atoms with Crippen molar-refractivity contribution >= 4 is 23.8 Å². The van der Waals surface area contributed by atoms with Crippen LogP contribution in [0.4, 0.5) is 10.1 Å². The molecule has 1 aliphatic rings. The lowest BCUT2D eigenvalue weighted by Crippen LogP contribution is -2.58. The van der Waals surface area contributed by atoms with Crippen molar-refractivity contribution in [2.75, 3.05) is 25.6 Å². The molecule has 0 saturated carbocycles. The number of rotatable bonds is 11. The van der Waals surface area contributed by atoms with Gasteiger partial charge in [-0.15, -0.1) is 0 Å². The van der Waals surface area contributed by atoms with Crippen LogP contribution in [0, 0.1) is 5.82 Å². The summed E-state index contributed by atoms with van der Waals surface area (Å²) in [6, 6.07) is 9.18. The van der Waals surface area contributed by atoms with Crippen molar-refractivity contribution in [2.24, 2.45) is 0 Å². The Morgan fingerprint density at radius 2 is 2.12 bits per heavy atom. The number of likely N-dealkylation sites (N-methyl/N-ethyl adjacent to an activating group) is 1. The van der Waals surface area contributed by atoms with E-state index in [9.17, 15) is 23.9 Å². The molecule has 4 N–H and O–H groups in total. The van der Waals surface area contributed by atoms with Crippen molar-refractivity contribution in [3.63, 3.8) is 0 Å². The number of carbonyl (C=O) groups is 3. The van der Waals surface area contributed by atoms with Gasteiger partial charge in [0.25, 0.3) is 11.8 Å². The van der Waals surface area contributed by atoms with E-state index in [0.29, 0.717) is 34.4 Å². The second kappa shape index (κ2) is 10.4. The average molecular weight is 459 g/mol. The molecule has 33 heavy (non-hydrogen) atoms. The Morgan fingerprint density at radius 1 is 1.33 bits per heavy atom. The monoisotopic (exact) mass is 459 g/mol. The Hall–Kier alpha value is -3.50. The van der Waals surface area contributed by atoms with Crippen molar-refractivity contribution < 1.29 is 33.7 Å². The number of benzene rings is 2. The maximum atomic E-state index is 14.3. The van der Waals surface area contributed by atoms with Gasteiger partial charge < -0.3 is 30.4 Å². The van der Waals surface area contributed by atoms with E-state index in [-0.39, 0.29) is 39.1 Å². The molecular weight excluding hydrogens is 433 g/mol. The Balaban J connectivity index is 1.84. The van der Waals surface area contributed by atoms with Crippen molar-refractivity contribution in [3.05, 3.63) is 58.9 Å². The van der Waals surface area contributed by atoms with E-state index >= 15 is 0 Å². The lowest BCUT2D eigenvalue weighted by molar-refractivity contribution is -0.159. The maximum Gasteiger partial charge on any atom is 0.273 e. The molecule has 1 aliphatic heterocycles. The number of nitrogens with one attached hydrogen (secondary N) is 2. The van der Waals surface area contributed by atoms with Crippen LogP contribution >= 0.6 is 0 Å². The number of aldehydes is 1. The fourth-order valence-corrected chi connectivity index (χ4v) is 3.76. The highest BCUT2D eigenvalue weighted by molar-refractivity contribution is 6.03. The van der Waals surface area contributed by atoms with Crippen LogP contribution in [-0.4, -0.2) is 59.2 Å². The van der Waals surface area contributed by atoms with Crippen molar-refractivity contribution in [3.8, 4) is 5.75 Å². The smallest absolute Gasteiger partial charge is 0.273 e. The molecule has 0 aromatic heterocycles. The van der Waals surface area contributed by atoms with Gasteiger partial charge in [-0.1, -0.05) is 6.07 Å². The summed E-state index contributed by atoms with van der Waals surface area (Å²) in [5.74, 6) is -1.38. The topological polar surface area (TPSA) is 128 Å². The molecule has 1 unspecified atom stereocenters. The summed E-state index contributed by atoms with van der Waals surface area (Å²) in [5.41, 5.74) is -0.484. The number of carbonyl (C=O) groups excluding carboxylic acids is 3. The summed E-state index contributed by atoms with van der Waals surface area (Å²) >= 11 is 0. The summed E-state index contributed by atoms with van der Waals surface area (Å²) < 4.78 is 19.6. The number of aliphatic hydroxyl groups excluding tert-OH is 1. The van der Waals surface area contributed by atoms with Gasteiger partial charge >= 0.3 is 0 Å². The van der Waals surface area contributed by atoms with Gasteiger partial charge in [0.05, 0.1) is 13.2 Å². The molecule has 0 spiro atoms. The predicted molar refractivity (Wildman–Crippen MR) is 117 cm³/mol. The van der Waals surface area contributed by atoms with Crippen molar-refractivity contribution in [1.29, 1.82) is 0 Å². The Kier molecular flexibility index (Phi) is 7.62. The second-order valence-electron chi connectivity index (χ2n) is 7.50. The summed E-state index contributed by atoms with van der Waals surface area (Å²) in [5, 5.41) is 25.4. The summed E-state index contributed by atoms with van der Waals surface area (Å²) in [4.78, 5) is 37.3. The molecule has 3 rings (SSSR count). The molecule has 2 aromatic rings. The van der Waals surface area contributed by atoms with Gasteiger partial charge in [-0.05, 0) is 30.3 Å². The van der Waals surface area contributed by atoms with Gasteiger partial charge in [-0.25, -0.2) is 4.39 Å². The van der Waals surface area contributed by atoms with E-state index in [4.69, 9.17) is 9.84 Å². The van der Waals surface area contributed by atoms with E-state index in [2.05, 4.69) is 10.6 Å². The molecule has 2 aromatic carbocycles. The highest BCUT2D eigenvalue weighted by atomic mass is 19.1. The number of ether oxygens (including phenoxy) is 1. The summed E-state index contributed by atoms with van der Waals surface area (Å²) in [6.07, 6.45) is 0.217. The molecule has 10 heteroatoms. The van der Waals surface area contributed by atoms with Gasteiger partial charge in [-0.3, -0.25) is 14.5 Å². The first kappa shape index (κ1) is 24.1. The number of nitrogens with zero attached hydrogens (tertiary/aromatic N) is 1. The first-order valence-corrected chi connectivity index (χ1v) is 10.4. The van der Waals surface area contributed by atoms with Gasteiger partial charge in [0, 0.05) is 48.8 Å². The van der Waals surface area contributed by atoms with E-state index in [1.807, 2.05) is 0 Å². The minimum Gasteiger partial charge on any atom is -0.491 e. The fraction of sp³-hybridized carbons (Fsp3) is 0.348. The molecule has 0 bridgehead atoms. The zero-order valence-corrected chi connectivity index (χ0v) is 18.1. The molecule has 1 heterocycles. The summed E-state index contributed by atoms with van der Waals surface area (Å²) in [6.45, 7) is -0.0677. The van der Waals surface area contributed by atoms with Crippen LogP contribution in [0.2, 0.25) is 0 Å². The van der Waals surface area contributed by atoms with Crippen LogP contribution in [0.1, 0.15) is 34.3 Å². The third-order valence-electron chi connectivity index (χ3n) is 5.46. The number of fused-ring (bicyclic) bond motifs is 1. The zero-order valence-electron chi connectivity index (χ0n) is 18.1. The molecule has 176 valence electrons. The number of aliphatic hydroxyl groups is 2. The minimum atomic E-state index is -2.19. The highest BCUT2D eigenvalue weighted by Gasteiger charge is 2.47. The van der Waals surface area contributed by atoms with Crippen LogP contribution in [0.5, 0.6) is 5.75 Å². The Morgan fingerprint density at radius 3 is 2.82 bits per heavy atom. The molecule has 0 aliphatic carbocycles. The van der Waals surface area contributed by atoms with Crippen LogP contribution in [-0.2, 0) is 22.7 Å². The van der Waals surface area contributed by atoms with E-state index in [1.165, 1.54) is 25.2 Å². The van der Waals surface area contributed by atoms with Gasteiger partial charge in [0.1, 0.15) is 24.5 Å². The van der Waals surface area contributed by atoms with E-state index in [0.717, 1.165) is 4.90 Å². The highest BCUT2D eigenvalue weighted by Crippen LogP contribution is 2.35. The molecule has 1 atom stereocenters. The summed E-state index contributed by atoms with van der Waals surface area (Å²) in [7, 11) is 1.34. The van der Waals surface area contributed by atoms with Gasteiger partial charge in [0.15, 0.2) is 0 Å². The number of hydrogen-bond acceptors (Lipinski definition) is 7. The first-order valence-electron chi connectivity index (χ1n) is 10.4. The molecule has 0 fully saturated rings. The quantitative estimate of drug-likeness (QED) is 0.372. The van der Waals surface area contributed by atoms with Crippen molar-refractivity contribution in [1.82, 2.24) is 10.2 Å². The normalized spacial score (nSPS) is 14.4. The van der Waals surface area contributed by atoms with Crippen molar-refractivity contribution in [2.45, 2.75) is 31.7 Å². The number of amides is 2. The van der Waals surface area contributed by atoms with E-state index < -0.39 is 23.4 Å². The molecule has 9 nitrogen and oxygen atoms in total. The third kappa shape index (κ3) is 4.96.